The van der Waals surface area contributed by atoms with Gasteiger partial charge in [0, 0.05) is 17.4 Å². The second-order valence-electron chi connectivity index (χ2n) is 4.62. The minimum absolute atomic E-state index is 0.139. The van der Waals surface area contributed by atoms with Crippen LogP contribution in [-0.2, 0) is 14.3 Å². The predicted molar refractivity (Wildman–Crippen MR) is 72.1 cm³/mol. The highest BCUT2D eigenvalue weighted by Gasteiger charge is 2.39. The lowest BCUT2D eigenvalue weighted by Gasteiger charge is -2.18. The summed E-state index contributed by atoms with van der Waals surface area (Å²) in [5.41, 5.74) is 1.85. The number of rotatable bonds is 3. The van der Waals surface area contributed by atoms with Gasteiger partial charge in [0.15, 0.2) is 0 Å². The van der Waals surface area contributed by atoms with E-state index in [0.29, 0.717) is 11.6 Å². The van der Waals surface area contributed by atoms with Gasteiger partial charge in [0.1, 0.15) is 6.04 Å². The van der Waals surface area contributed by atoms with Crippen LogP contribution in [-0.4, -0.2) is 24.5 Å². The Morgan fingerprint density at radius 1 is 1.53 bits per heavy atom. The number of benzene rings is 1. The third kappa shape index (κ3) is 2.89. The molecule has 1 fully saturated rings. The fourth-order valence-corrected chi connectivity index (χ4v) is 2.44. The molecule has 1 amide bonds. The van der Waals surface area contributed by atoms with Crippen molar-refractivity contribution < 1.29 is 14.3 Å². The summed E-state index contributed by atoms with van der Waals surface area (Å²) in [6, 6.07) is 4.99. The SMILES string of the molecule is CCOC(=O)C1NC(=O)CC1c1ccc(C)c(Cl)c1. The van der Waals surface area contributed by atoms with Crippen LogP contribution in [0.2, 0.25) is 5.02 Å². The molecule has 1 aliphatic rings. The van der Waals surface area contributed by atoms with E-state index in [1.807, 2.05) is 25.1 Å². The second-order valence-corrected chi connectivity index (χ2v) is 5.02. The van der Waals surface area contributed by atoms with Crippen molar-refractivity contribution in [2.24, 2.45) is 0 Å². The van der Waals surface area contributed by atoms with Crippen molar-refractivity contribution in [3.8, 4) is 0 Å². The van der Waals surface area contributed by atoms with Crippen molar-refractivity contribution in [2.45, 2.75) is 32.2 Å². The molecule has 4 nitrogen and oxygen atoms in total. The summed E-state index contributed by atoms with van der Waals surface area (Å²) < 4.78 is 4.99. The first-order valence-electron chi connectivity index (χ1n) is 6.25. The topological polar surface area (TPSA) is 55.4 Å². The lowest BCUT2D eigenvalue weighted by molar-refractivity contribution is -0.146. The number of amides is 1. The van der Waals surface area contributed by atoms with Crippen LogP contribution in [0.4, 0.5) is 0 Å². The first-order chi connectivity index (χ1) is 9.02. The van der Waals surface area contributed by atoms with Crippen LogP contribution >= 0.6 is 11.6 Å². The Labute approximate surface area is 117 Å². The average molecular weight is 282 g/mol. The van der Waals surface area contributed by atoms with Crippen LogP contribution in [0.1, 0.15) is 30.4 Å². The molecular weight excluding hydrogens is 266 g/mol. The van der Waals surface area contributed by atoms with Gasteiger partial charge in [-0.2, -0.15) is 0 Å². The van der Waals surface area contributed by atoms with E-state index in [4.69, 9.17) is 16.3 Å². The van der Waals surface area contributed by atoms with Gasteiger partial charge < -0.3 is 10.1 Å². The molecule has 2 rings (SSSR count). The van der Waals surface area contributed by atoms with Crippen molar-refractivity contribution in [1.29, 1.82) is 0 Å². The van der Waals surface area contributed by atoms with Gasteiger partial charge in [0.25, 0.3) is 0 Å². The Kier molecular flexibility index (Phi) is 4.10. The zero-order valence-corrected chi connectivity index (χ0v) is 11.7. The highest BCUT2D eigenvalue weighted by Crippen LogP contribution is 2.31. The van der Waals surface area contributed by atoms with Gasteiger partial charge in [-0.15, -0.1) is 0 Å². The summed E-state index contributed by atoms with van der Waals surface area (Å²) in [5, 5.41) is 3.30. The third-order valence-electron chi connectivity index (χ3n) is 3.29. The second kappa shape index (κ2) is 5.61. The summed E-state index contributed by atoms with van der Waals surface area (Å²) in [5.74, 6) is -0.751. The van der Waals surface area contributed by atoms with Crippen molar-refractivity contribution in [2.75, 3.05) is 6.61 Å². The van der Waals surface area contributed by atoms with Crippen LogP contribution in [0.5, 0.6) is 0 Å². The van der Waals surface area contributed by atoms with Gasteiger partial charge in [0.05, 0.1) is 6.61 Å². The summed E-state index contributed by atoms with van der Waals surface area (Å²) in [7, 11) is 0. The van der Waals surface area contributed by atoms with Crippen molar-refractivity contribution in [3.63, 3.8) is 0 Å². The highest BCUT2D eigenvalue weighted by molar-refractivity contribution is 6.31. The Bertz CT molecular complexity index is 515. The van der Waals surface area contributed by atoms with Gasteiger partial charge in [-0.25, -0.2) is 4.79 Å². The predicted octanol–water partition coefficient (Wildman–Crippen LogP) is 2.18. The van der Waals surface area contributed by atoms with E-state index in [0.717, 1.165) is 11.1 Å². The molecule has 0 aliphatic carbocycles. The van der Waals surface area contributed by atoms with Crippen LogP contribution in [0.25, 0.3) is 0 Å². The molecule has 0 aromatic heterocycles. The summed E-state index contributed by atoms with van der Waals surface area (Å²) >= 11 is 6.10. The molecule has 5 heteroatoms. The number of hydrogen-bond acceptors (Lipinski definition) is 3. The molecule has 1 aliphatic heterocycles. The fraction of sp³-hybridized carbons (Fsp3) is 0.429. The molecule has 0 radical (unpaired) electrons. The van der Waals surface area contributed by atoms with Gasteiger partial charge in [-0.1, -0.05) is 23.7 Å². The molecule has 1 N–H and O–H groups in total. The van der Waals surface area contributed by atoms with E-state index in [9.17, 15) is 9.59 Å². The molecule has 1 aromatic carbocycles. The quantitative estimate of drug-likeness (QED) is 0.864. The van der Waals surface area contributed by atoms with Gasteiger partial charge in [-0.3, -0.25) is 4.79 Å². The smallest absolute Gasteiger partial charge is 0.329 e. The minimum atomic E-state index is -0.619. The monoisotopic (exact) mass is 281 g/mol. The van der Waals surface area contributed by atoms with Crippen LogP contribution in [0.15, 0.2) is 18.2 Å². The van der Waals surface area contributed by atoms with Gasteiger partial charge >= 0.3 is 5.97 Å². The zero-order valence-electron chi connectivity index (χ0n) is 10.9. The van der Waals surface area contributed by atoms with E-state index in [1.54, 1.807) is 6.92 Å². The molecule has 0 bridgehead atoms. The molecule has 1 saturated heterocycles. The Morgan fingerprint density at radius 2 is 2.26 bits per heavy atom. The lowest BCUT2D eigenvalue weighted by atomic mass is 9.91. The number of nitrogens with one attached hydrogen (secondary N) is 1. The van der Waals surface area contributed by atoms with Gasteiger partial charge in [-0.05, 0) is 31.0 Å². The van der Waals surface area contributed by atoms with Crippen LogP contribution in [0, 0.1) is 6.92 Å². The van der Waals surface area contributed by atoms with Gasteiger partial charge in [0.2, 0.25) is 5.91 Å². The largest absolute Gasteiger partial charge is 0.464 e. The Morgan fingerprint density at radius 3 is 2.89 bits per heavy atom. The average Bonchev–Trinajstić information content (AvgIpc) is 2.75. The van der Waals surface area contributed by atoms with E-state index in [1.165, 1.54) is 0 Å². The number of halogens is 1. The molecule has 0 saturated carbocycles. The Balaban J connectivity index is 2.27. The molecular formula is C14H16ClNO3. The maximum Gasteiger partial charge on any atom is 0.329 e. The number of carbonyl (C=O) groups is 2. The summed E-state index contributed by atoms with van der Waals surface area (Å²) in [4.78, 5) is 23.4. The number of carbonyl (C=O) groups excluding carboxylic acids is 2. The molecule has 2 atom stereocenters. The maximum absolute atomic E-state index is 11.9. The number of esters is 1. The van der Waals surface area contributed by atoms with E-state index in [-0.39, 0.29) is 18.2 Å². The molecule has 2 unspecified atom stereocenters. The third-order valence-corrected chi connectivity index (χ3v) is 3.70. The number of hydrogen-bond donors (Lipinski definition) is 1. The Hall–Kier alpha value is -1.55. The van der Waals surface area contributed by atoms with E-state index < -0.39 is 12.0 Å². The summed E-state index contributed by atoms with van der Waals surface area (Å²) in [6.07, 6.45) is 0.281. The first-order valence-corrected chi connectivity index (χ1v) is 6.62. The lowest BCUT2D eigenvalue weighted by Crippen LogP contribution is -2.37. The van der Waals surface area contributed by atoms with Crippen molar-refractivity contribution >= 4 is 23.5 Å². The normalized spacial score (nSPS) is 22.2. The van der Waals surface area contributed by atoms with Crippen molar-refractivity contribution in [1.82, 2.24) is 5.32 Å². The fourth-order valence-electron chi connectivity index (χ4n) is 2.26. The first kappa shape index (κ1) is 13.9. The molecule has 1 aromatic rings. The number of aryl methyl sites for hydroxylation is 1. The van der Waals surface area contributed by atoms with Crippen LogP contribution in [0.3, 0.4) is 0 Å². The molecule has 1 heterocycles. The van der Waals surface area contributed by atoms with E-state index >= 15 is 0 Å². The van der Waals surface area contributed by atoms with Crippen molar-refractivity contribution in [3.05, 3.63) is 34.3 Å². The zero-order chi connectivity index (χ0) is 14.0. The molecule has 19 heavy (non-hydrogen) atoms. The molecule has 102 valence electrons. The van der Waals surface area contributed by atoms with E-state index in [2.05, 4.69) is 5.32 Å². The minimum Gasteiger partial charge on any atom is -0.464 e. The maximum atomic E-state index is 11.9. The highest BCUT2D eigenvalue weighted by atomic mass is 35.5. The molecule has 0 spiro atoms. The summed E-state index contributed by atoms with van der Waals surface area (Å²) in [6.45, 7) is 3.95. The standard InChI is InChI=1S/C14H16ClNO3/c1-3-19-14(18)13-10(7-12(17)16-13)9-5-4-8(2)11(15)6-9/h4-6,10,13H,3,7H2,1-2H3,(H,16,17). The van der Waals surface area contributed by atoms with Crippen LogP contribution < -0.4 is 5.32 Å². The number of ether oxygens (including phenoxy) is 1.